The summed E-state index contributed by atoms with van der Waals surface area (Å²) < 4.78 is 38.5. The minimum absolute atomic E-state index is 0.0992. The van der Waals surface area contributed by atoms with E-state index in [1.54, 1.807) is 0 Å². The van der Waals surface area contributed by atoms with Crippen molar-refractivity contribution in [3.05, 3.63) is 0 Å². The molecule has 1 aromatic rings. The fourth-order valence-electron chi connectivity index (χ4n) is 2.82. The lowest BCUT2D eigenvalue weighted by Gasteiger charge is -2.31. The van der Waals surface area contributed by atoms with Crippen LogP contribution in [0.3, 0.4) is 0 Å². The molecule has 0 unspecified atom stereocenters. The number of carbonyl (C=O) groups is 1. The molecule has 3 rings (SSSR count). The van der Waals surface area contributed by atoms with Crippen LogP contribution in [0.1, 0.15) is 38.6 Å². The van der Waals surface area contributed by atoms with E-state index in [0.717, 1.165) is 56.5 Å². The van der Waals surface area contributed by atoms with Crippen LogP contribution in [-0.4, -0.2) is 52.2 Å². The van der Waals surface area contributed by atoms with E-state index in [-0.39, 0.29) is 5.75 Å². The number of thioether (sulfide) groups is 1. The maximum atomic E-state index is 12.1. The van der Waals surface area contributed by atoms with Gasteiger partial charge in [-0.05, 0) is 31.6 Å². The van der Waals surface area contributed by atoms with E-state index < -0.39 is 18.6 Å². The van der Waals surface area contributed by atoms with E-state index in [9.17, 15) is 18.0 Å². The van der Waals surface area contributed by atoms with Crippen LogP contribution in [0.4, 0.5) is 19.1 Å². The predicted molar refractivity (Wildman–Crippen MR) is 88.7 cm³/mol. The molecule has 1 saturated carbocycles. The summed E-state index contributed by atoms with van der Waals surface area (Å²) >= 11 is 1.14. The summed E-state index contributed by atoms with van der Waals surface area (Å²) in [7, 11) is 0. The number of nitrogens with zero attached hydrogens (tertiary/aromatic N) is 4. The van der Waals surface area contributed by atoms with Gasteiger partial charge in [0.1, 0.15) is 6.54 Å². The van der Waals surface area contributed by atoms with E-state index in [1.807, 2.05) is 5.32 Å². The molecule has 1 aliphatic carbocycles. The van der Waals surface area contributed by atoms with Crippen LogP contribution in [0.25, 0.3) is 0 Å². The number of aromatic nitrogens is 3. The Labute approximate surface area is 148 Å². The Morgan fingerprint density at radius 1 is 1.24 bits per heavy atom. The number of piperidine rings is 1. The molecule has 0 spiro atoms. The number of carbonyl (C=O) groups excluding carboxylic acids is 1. The zero-order chi connectivity index (χ0) is 18.0. The number of hydrogen-bond acceptors (Lipinski definition) is 5. The highest BCUT2D eigenvalue weighted by Gasteiger charge is 2.33. The van der Waals surface area contributed by atoms with Crippen molar-refractivity contribution in [2.45, 2.75) is 50.0 Å². The van der Waals surface area contributed by atoms with Crippen molar-refractivity contribution in [2.24, 2.45) is 5.92 Å². The molecule has 0 radical (unpaired) electrons. The van der Waals surface area contributed by atoms with E-state index in [0.29, 0.717) is 17.1 Å². The molecule has 25 heavy (non-hydrogen) atoms. The first-order chi connectivity index (χ1) is 11.8. The molecular weight excluding hydrogens is 355 g/mol. The fraction of sp³-hybridized carbons (Fsp3) is 0.800. The maximum absolute atomic E-state index is 12.1. The molecule has 10 heteroatoms. The van der Waals surface area contributed by atoms with Gasteiger partial charge in [-0.3, -0.25) is 9.36 Å². The monoisotopic (exact) mass is 377 g/mol. The second kappa shape index (κ2) is 7.43. The Bertz CT molecular complexity index is 609. The summed E-state index contributed by atoms with van der Waals surface area (Å²) in [6, 6.07) is 0.338. The fourth-order valence-corrected chi connectivity index (χ4v) is 3.65. The van der Waals surface area contributed by atoms with Crippen LogP contribution in [0.5, 0.6) is 0 Å². The quantitative estimate of drug-likeness (QED) is 0.772. The van der Waals surface area contributed by atoms with Gasteiger partial charge in [0.05, 0.1) is 5.75 Å². The summed E-state index contributed by atoms with van der Waals surface area (Å²) in [6.07, 6.45) is -0.0845. The molecule has 2 fully saturated rings. The summed E-state index contributed by atoms with van der Waals surface area (Å²) in [6.45, 7) is 2.80. The normalized spacial score (nSPS) is 19.3. The van der Waals surface area contributed by atoms with Gasteiger partial charge >= 0.3 is 6.18 Å². The Hall–Kier alpha value is -1.45. The van der Waals surface area contributed by atoms with Gasteiger partial charge in [0.2, 0.25) is 11.9 Å². The predicted octanol–water partition coefficient (Wildman–Crippen LogP) is 2.62. The van der Waals surface area contributed by atoms with Gasteiger partial charge < -0.3 is 10.2 Å². The number of alkyl halides is 3. The topological polar surface area (TPSA) is 63.1 Å². The van der Waals surface area contributed by atoms with Crippen molar-refractivity contribution < 1.29 is 18.0 Å². The SMILES string of the molecule is CC1CCN(c2nnc(SCC(=O)NCC(F)(F)F)n2C2CC2)CC1. The van der Waals surface area contributed by atoms with Gasteiger partial charge in [-0.15, -0.1) is 10.2 Å². The Morgan fingerprint density at radius 3 is 2.52 bits per heavy atom. The van der Waals surface area contributed by atoms with Crippen LogP contribution in [0.15, 0.2) is 5.16 Å². The first kappa shape index (κ1) is 18.3. The molecule has 1 aromatic heterocycles. The van der Waals surface area contributed by atoms with Crippen molar-refractivity contribution in [1.29, 1.82) is 0 Å². The van der Waals surface area contributed by atoms with Gasteiger partial charge in [-0.1, -0.05) is 18.7 Å². The standard InChI is InChI=1S/C15H22F3N5OS/c1-10-4-6-22(7-5-10)13-20-21-14(23(13)11-2-3-11)25-8-12(24)19-9-15(16,17)18/h10-11H,2-9H2,1H3,(H,19,24). The third-order valence-electron chi connectivity index (χ3n) is 4.44. The zero-order valence-electron chi connectivity index (χ0n) is 14.1. The molecule has 2 heterocycles. The number of halogens is 3. The molecule has 0 atom stereocenters. The second-order valence-corrected chi connectivity index (χ2v) is 7.68. The Balaban J connectivity index is 1.61. The number of anilines is 1. The van der Waals surface area contributed by atoms with Crippen LogP contribution in [0.2, 0.25) is 0 Å². The number of amides is 1. The lowest BCUT2D eigenvalue weighted by atomic mass is 10.00. The summed E-state index contributed by atoms with van der Waals surface area (Å²) in [5.74, 6) is 0.783. The second-order valence-electron chi connectivity index (χ2n) is 6.73. The smallest absolute Gasteiger partial charge is 0.346 e. The average molecular weight is 377 g/mol. The molecule has 0 bridgehead atoms. The van der Waals surface area contributed by atoms with Gasteiger partial charge in [0.25, 0.3) is 0 Å². The summed E-state index contributed by atoms with van der Waals surface area (Å²) in [5, 5.41) is 11.0. The van der Waals surface area contributed by atoms with Gasteiger partial charge in [0.15, 0.2) is 5.16 Å². The molecule has 2 aliphatic rings. The summed E-state index contributed by atoms with van der Waals surface area (Å²) in [4.78, 5) is 13.8. The van der Waals surface area contributed by atoms with Crippen LogP contribution in [-0.2, 0) is 4.79 Å². The average Bonchev–Trinajstić information content (AvgIpc) is 3.31. The van der Waals surface area contributed by atoms with Crippen molar-refractivity contribution in [3.63, 3.8) is 0 Å². The first-order valence-electron chi connectivity index (χ1n) is 8.49. The zero-order valence-corrected chi connectivity index (χ0v) is 14.9. The lowest BCUT2D eigenvalue weighted by molar-refractivity contribution is -0.136. The number of nitrogens with one attached hydrogen (secondary N) is 1. The number of hydrogen-bond donors (Lipinski definition) is 1. The molecule has 140 valence electrons. The lowest BCUT2D eigenvalue weighted by Crippen LogP contribution is -2.35. The molecule has 6 nitrogen and oxygen atoms in total. The molecular formula is C15H22F3N5OS. The van der Waals surface area contributed by atoms with E-state index >= 15 is 0 Å². The van der Waals surface area contributed by atoms with Crippen molar-refractivity contribution in [3.8, 4) is 0 Å². The van der Waals surface area contributed by atoms with Crippen molar-refractivity contribution in [1.82, 2.24) is 20.1 Å². The third-order valence-corrected chi connectivity index (χ3v) is 5.39. The maximum Gasteiger partial charge on any atom is 0.405 e. The van der Waals surface area contributed by atoms with Crippen LogP contribution in [0, 0.1) is 5.92 Å². The summed E-state index contributed by atoms with van der Waals surface area (Å²) in [5.41, 5.74) is 0. The molecule has 1 N–H and O–H groups in total. The van der Waals surface area contributed by atoms with Gasteiger partial charge in [-0.2, -0.15) is 13.2 Å². The van der Waals surface area contributed by atoms with E-state index in [4.69, 9.17) is 0 Å². The molecule has 1 aliphatic heterocycles. The highest BCUT2D eigenvalue weighted by molar-refractivity contribution is 7.99. The molecule has 1 saturated heterocycles. The van der Waals surface area contributed by atoms with E-state index in [2.05, 4.69) is 26.6 Å². The first-order valence-corrected chi connectivity index (χ1v) is 9.48. The van der Waals surface area contributed by atoms with Gasteiger partial charge in [-0.25, -0.2) is 0 Å². The minimum Gasteiger partial charge on any atom is -0.346 e. The Morgan fingerprint density at radius 2 is 1.92 bits per heavy atom. The van der Waals surface area contributed by atoms with E-state index in [1.165, 1.54) is 0 Å². The largest absolute Gasteiger partial charge is 0.405 e. The van der Waals surface area contributed by atoms with Crippen LogP contribution < -0.4 is 10.2 Å². The number of rotatable bonds is 6. The van der Waals surface area contributed by atoms with Gasteiger partial charge in [0, 0.05) is 19.1 Å². The highest BCUT2D eigenvalue weighted by atomic mass is 32.2. The highest BCUT2D eigenvalue weighted by Crippen LogP contribution is 2.41. The minimum atomic E-state index is -4.40. The molecule has 1 amide bonds. The van der Waals surface area contributed by atoms with Crippen molar-refractivity contribution in [2.75, 3.05) is 30.3 Å². The Kier molecular flexibility index (Phi) is 5.45. The molecule has 0 aromatic carbocycles. The third kappa shape index (κ3) is 5.02. The van der Waals surface area contributed by atoms with Crippen molar-refractivity contribution >= 4 is 23.6 Å². The van der Waals surface area contributed by atoms with Crippen LogP contribution >= 0.6 is 11.8 Å².